The molecule has 16 bridgehead atoms. The fraction of sp³-hybridized carbons (Fsp3) is 0.328. The molecule has 0 atom stereocenters. The van der Waals surface area contributed by atoms with Gasteiger partial charge in [0.15, 0.2) is 0 Å². The summed E-state index contributed by atoms with van der Waals surface area (Å²) in [5.74, 6) is 20.7. The number of aromatic nitrogens is 8. The van der Waals surface area contributed by atoms with Gasteiger partial charge in [-0.1, -0.05) is 269 Å². The van der Waals surface area contributed by atoms with Crippen LogP contribution in [-0.4, -0.2) is 29.9 Å². The molecule has 131 heavy (non-hydrogen) atoms. The second-order valence-corrected chi connectivity index (χ2v) is 40.3. The van der Waals surface area contributed by atoms with Crippen LogP contribution in [0, 0.1) is 63.2 Å². The molecule has 0 spiro atoms. The third-order valence-corrected chi connectivity index (χ3v) is 27.9. The summed E-state index contributed by atoms with van der Waals surface area (Å²) < 4.78 is 0. The molecule has 6 aromatic heterocycles. The molecule has 2 N–H and O–H groups in total. The maximum Gasteiger partial charge on any atom is 2.00 e. The first-order valence-corrected chi connectivity index (χ1v) is 47.5. The summed E-state index contributed by atoms with van der Waals surface area (Å²) in [6.07, 6.45) is 6.65. The number of nitrogens with one attached hydrogen (secondary N) is 2. The molecular formula is C122H128N8Zn. The summed E-state index contributed by atoms with van der Waals surface area (Å²) in [7, 11) is 0. The van der Waals surface area contributed by atoms with Crippen molar-refractivity contribution < 1.29 is 19.5 Å². The molecule has 6 aromatic carbocycles. The third-order valence-electron chi connectivity index (χ3n) is 27.9. The summed E-state index contributed by atoms with van der Waals surface area (Å²) in [4.78, 5) is 42.7. The van der Waals surface area contributed by atoms with E-state index >= 15 is 0 Å². The maximum absolute atomic E-state index is 5.80. The second-order valence-electron chi connectivity index (χ2n) is 40.3. The van der Waals surface area contributed by atoms with Crippen LogP contribution in [0.25, 0.3) is 133 Å². The van der Waals surface area contributed by atoms with E-state index in [1.54, 1.807) is 0 Å². The van der Waals surface area contributed by atoms with Gasteiger partial charge in [-0.05, 0) is 336 Å². The van der Waals surface area contributed by atoms with Crippen LogP contribution < -0.4 is 9.97 Å². The summed E-state index contributed by atoms with van der Waals surface area (Å²) in [6, 6.07) is 57.6. The molecule has 16 rings (SSSR count). The van der Waals surface area contributed by atoms with Crippen molar-refractivity contribution in [1.82, 2.24) is 39.9 Å². The minimum Gasteiger partial charge on any atom is -0.657 e. The predicted octanol–water partition coefficient (Wildman–Crippen LogP) is 31.1. The smallest absolute Gasteiger partial charge is 0.657 e. The second kappa shape index (κ2) is 36.5. The van der Waals surface area contributed by atoms with E-state index in [1.807, 2.05) is 12.1 Å². The Labute approximate surface area is 792 Å². The fourth-order valence-corrected chi connectivity index (χ4v) is 20.0. The zero-order chi connectivity index (χ0) is 92.8. The van der Waals surface area contributed by atoms with Crippen molar-refractivity contribution in [3.8, 4) is 80.0 Å². The Hall–Kier alpha value is -12.2. The monoisotopic (exact) mass is 1770 g/mol. The molecule has 4 aliphatic heterocycles. The van der Waals surface area contributed by atoms with E-state index in [0.717, 1.165) is 225 Å². The number of aryl methyl sites for hydroxylation is 8. The van der Waals surface area contributed by atoms with Gasteiger partial charge in [0.2, 0.25) is 0 Å². The van der Waals surface area contributed by atoms with Crippen LogP contribution in [0.1, 0.15) is 338 Å². The van der Waals surface area contributed by atoms with Gasteiger partial charge in [-0.25, -0.2) is 19.9 Å². The molecule has 9 heteroatoms. The average molecular weight is 1770 g/mol. The average Bonchev–Trinajstić information content (AvgIpc) is 1.59. The van der Waals surface area contributed by atoms with Gasteiger partial charge in [0.1, 0.15) is 0 Å². The minimum atomic E-state index is -0.0888. The van der Waals surface area contributed by atoms with Gasteiger partial charge < -0.3 is 19.9 Å². The van der Waals surface area contributed by atoms with Crippen LogP contribution in [0.2, 0.25) is 0 Å². The molecule has 0 saturated carbocycles. The van der Waals surface area contributed by atoms with Gasteiger partial charge in [0, 0.05) is 55.5 Å². The zero-order valence-electron chi connectivity index (χ0n) is 83.1. The van der Waals surface area contributed by atoms with Crippen LogP contribution in [0.3, 0.4) is 0 Å². The zero-order valence-corrected chi connectivity index (χ0v) is 86.0. The van der Waals surface area contributed by atoms with E-state index in [4.69, 9.17) is 29.9 Å². The van der Waals surface area contributed by atoms with Gasteiger partial charge in [-0.2, -0.15) is 0 Å². The van der Waals surface area contributed by atoms with Crippen LogP contribution in [-0.2, 0) is 66.8 Å². The number of H-pyrrole nitrogens is 2. The van der Waals surface area contributed by atoms with Crippen LogP contribution in [0.4, 0.5) is 0 Å². The SMILES string of the molecule is CCC1=C(C)c2nc1cc1[n-]c(c(C)c1CC)c(-c1ccc(C#Cc3ccc(C#Cc4ccc(C#Cc5ccc(-c6c7nc(cc8[nH]c(c(C)c8CC)c(-c8cc(C(C)(C)C)cc(C(C)(C)C)c8)c8nc(cc9[nH]c6c(C)c9CC)C(CC)=C8C)C(CC)=C7C)cc5)cc4)cc3)cc1)c1nc(cc3[n-]c(c(C)c3CC)c2-c2cc(C(C)(C)C)cc(C(C)(C)C)c2)C(CC)=C1C.[Zn+2]. The fourth-order valence-electron chi connectivity index (χ4n) is 20.0. The molecule has 658 valence electrons. The number of rotatable bonds is 12. The topological polar surface area (TPSA) is 111 Å². The Morgan fingerprint density at radius 2 is 0.504 bits per heavy atom. The number of benzene rings is 6. The molecule has 10 heterocycles. The molecular weight excluding hydrogens is 1640 g/mol. The van der Waals surface area contributed by atoms with E-state index in [0.29, 0.717) is 0 Å². The maximum atomic E-state index is 5.80. The Morgan fingerprint density at radius 1 is 0.267 bits per heavy atom. The van der Waals surface area contributed by atoms with Crippen molar-refractivity contribution in [3.05, 3.63) is 303 Å². The quantitative estimate of drug-likeness (QED) is 0.0931. The van der Waals surface area contributed by atoms with Crippen molar-refractivity contribution in [2.75, 3.05) is 0 Å². The Balaban J connectivity index is 0.0000131. The number of nitrogens with zero attached hydrogens (tertiary/aromatic N) is 6. The van der Waals surface area contributed by atoms with Crippen LogP contribution >= 0.6 is 0 Å². The van der Waals surface area contributed by atoms with E-state index < -0.39 is 0 Å². The molecule has 0 fully saturated rings. The first kappa shape index (κ1) is 93.5. The van der Waals surface area contributed by atoms with Gasteiger partial charge in [0.05, 0.1) is 56.6 Å². The number of hydrogen-bond donors (Lipinski definition) is 2. The minimum absolute atomic E-state index is 0. The predicted molar refractivity (Wildman–Crippen MR) is 555 cm³/mol. The standard InChI is InChI=1S/C122H128N8.Zn/c1-29-91-69(9)111-107(112-70(10)92(30-2)100(124-112)66-104-96(34-6)74(14)116(128-104)109(115-73(13)95(33-5)103(127-115)65-99(91)123-111)85-59-87(119(17,18)19)63-88(60-85)120(20,21)22)83-55-51-81(52-56-83)49-47-79-43-39-77(40-44-79)37-38-78-41-45-80(46-42-78)48-50-82-53-57-84(58-54-82)108-113-71(11)93(31-3)101(125-113)67-105-97(35-7)75(15)117(129-105)110(86-61-89(121(23,24)25)64-90(62-86)122(26,27)28)118-76(16)98(36-8)106(130-118)68-102-94(32-4)72(12)114(108)126-102;/h39-46,51-68,123,128H,29-36H2,1-28H3;/q-2;+2. The summed E-state index contributed by atoms with van der Waals surface area (Å²) in [5, 5.41) is 0. The third kappa shape index (κ3) is 17.7. The molecule has 8 nitrogen and oxygen atoms in total. The van der Waals surface area contributed by atoms with E-state index in [-0.39, 0.29) is 41.1 Å². The summed E-state index contributed by atoms with van der Waals surface area (Å²) >= 11 is 0. The van der Waals surface area contributed by atoms with E-state index in [9.17, 15) is 0 Å². The van der Waals surface area contributed by atoms with Crippen molar-refractivity contribution in [1.29, 1.82) is 0 Å². The van der Waals surface area contributed by atoms with Gasteiger partial charge >= 0.3 is 19.5 Å². The van der Waals surface area contributed by atoms with Crippen molar-refractivity contribution in [2.45, 2.75) is 267 Å². The molecule has 4 aliphatic rings. The van der Waals surface area contributed by atoms with Crippen LogP contribution in [0.5, 0.6) is 0 Å². The van der Waals surface area contributed by atoms with Crippen molar-refractivity contribution >= 4 is 88.7 Å². The first-order chi connectivity index (χ1) is 61.9. The van der Waals surface area contributed by atoms with Crippen molar-refractivity contribution in [2.24, 2.45) is 0 Å². The normalized spacial score (nSPS) is 13.1. The molecule has 0 amide bonds. The largest absolute Gasteiger partial charge is 2.00 e. The van der Waals surface area contributed by atoms with Crippen LogP contribution in [0.15, 0.2) is 158 Å². The Kier molecular flexibility index (Phi) is 26.1. The van der Waals surface area contributed by atoms with Crippen molar-refractivity contribution in [3.63, 3.8) is 0 Å². The number of aromatic amines is 2. The van der Waals surface area contributed by atoms with Gasteiger partial charge in [-0.15, -0.1) is 22.1 Å². The molecule has 0 radical (unpaired) electrons. The number of allylic oxidation sites excluding steroid dienone is 8. The van der Waals surface area contributed by atoms with E-state index in [1.165, 1.54) is 106 Å². The number of fused-ring (bicyclic) bond motifs is 16. The molecule has 0 unspecified atom stereocenters. The number of hydrogen-bond acceptors (Lipinski definition) is 4. The molecule has 0 saturated heterocycles. The van der Waals surface area contributed by atoms with Gasteiger partial charge in [0.25, 0.3) is 0 Å². The molecule has 0 aliphatic carbocycles. The Bertz CT molecular complexity index is 6880. The molecule has 12 aromatic rings. The summed E-state index contributed by atoms with van der Waals surface area (Å²) in [5.41, 5.74) is 54.6. The van der Waals surface area contributed by atoms with E-state index in [2.05, 4.69) is 385 Å². The summed E-state index contributed by atoms with van der Waals surface area (Å²) in [6.45, 7) is 64.1. The Morgan fingerprint density at radius 3 is 0.771 bits per heavy atom. The first-order valence-electron chi connectivity index (χ1n) is 47.5. The van der Waals surface area contributed by atoms with Gasteiger partial charge in [-0.3, -0.25) is 0 Å².